The van der Waals surface area contributed by atoms with Gasteiger partial charge in [0.2, 0.25) is 0 Å². The lowest BCUT2D eigenvalue weighted by Gasteiger charge is -2.17. The van der Waals surface area contributed by atoms with Gasteiger partial charge in [-0.05, 0) is 18.8 Å². The topological polar surface area (TPSA) is 17.1 Å². The molecule has 1 unspecified atom stereocenters. The molecule has 0 aliphatic carbocycles. The average Bonchev–Trinajstić information content (AvgIpc) is 2.16. The number of hydrogen-bond donors (Lipinski definition) is 0. The number of carbonyl (C=O) groups is 1. The highest BCUT2D eigenvalue weighted by Gasteiger charge is 2.24. The van der Waals surface area contributed by atoms with Crippen LogP contribution in [0.4, 0.5) is 0 Å². The van der Waals surface area contributed by atoms with Crippen molar-refractivity contribution in [1.29, 1.82) is 0 Å². The summed E-state index contributed by atoms with van der Waals surface area (Å²) in [5, 5.41) is 2.07. The lowest BCUT2D eigenvalue weighted by Crippen LogP contribution is -2.15. The van der Waals surface area contributed by atoms with Crippen molar-refractivity contribution in [2.75, 3.05) is 0 Å². The summed E-state index contributed by atoms with van der Waals surface area (Å²) in [6, 6.07) is 0. The lowest BCUT2D eigenvalue weighted by molar-refractivity contribution is -0.108. The number of allylic oxidation sites excluding steroid dienone is 1. The van der Waals surface area contributed by atoms with E-state index in [0.717, 1.165) is 12.7 Å². The van der Waals surface area contributed by atoms with Crippen molar-refractivity contribution in [2.24, 2.45) is 0 Å². The summed E-state index contributed by atoms with van der Waals surface area (Å²) in [7, 11) is 0. The van der Waals surface area contributed by atoms with Crippen molar-refractivity contribution in [1.82, 2.24) is 0 Å². The molecule has 0 spiro atoms. The van der Waals surface area contributed by atoms with E-state index >= 15 is 0 Å². The van der Waals surface area contributed by atoms with E-state index in [9.17, 15) is 4.79 Å². The Morgan fingerprint density at radius 1 is 1.89 bits per heavy atom. The van der Waals surface area contributed by atoms with Crippen LogP contribution in [0.5, 0.6) is 0 Å². The molecular weight excluding hydrogens is 132 g/mol. The molecule has 50 valence electrons. The number of hydrogen-bond acceptors (Lipinski definition) is 2. The summed E-state index contributed by atoms with van der Waals surface area (Å²) >= 11 is 1.76. The molecular formula is C7H10OS. The molecule has 0 aromatic carbocycles. The minimum absolute atomic E-state index is 0.182. The maximum Gasteiger partial charge on any atom is 0.121 e. The van der Waals surface area contributed by atoms with Gasteiger partial charge in [0.05, 0.1) is 0 Å². The van der Waals surface area contributed by atoms with E-state index in [4.69, 9.17) is 0 Å². The molecule has 1 heterocycles. The predicted molar refractivity (Wildman–Crippen MR) is 40.4 cm³/mol. The van der Waals surface area contributed by atoms with Crippen molar-refractivity contribution >= 4 is 18.0 Å². The molecule has 1 aliphatic heterocycles. The highest BCUT2D eigenvalue weighted by Crippen LogP contribution is 2.37. The Morgan fingerprint density at radius 2 is 2.67 bits per heavy atom. The van der Waals surface area contributed by atoms with E-state index in [1.807, 2.05) is 0 Å². The zero-order valence-electron chi connectivity index (χ0n) is 5.46. The maximum absolute atomic E-state index is 10.1. The van der Waals surface area contributed by atoms with Gasteiger partial charge in [-0.25, -0.2) is 0 Å². The third-order valence-corrected chi connectivity index (χ3v) is 2.74. The lowest BCUT2D eigenvalue weighted by atomic mass is 10.0. The fourth-order valence-corrected chi connectivity index (χ4v) is 1.74. The van der Waals surface area contributed by atoms with E-state index in [-0.39, 0.29) is 4.75 Å². The Kier molecular flexibility index (Phi) is 1.96. The monoisotopic (exact) mass is 142 g/mol. The molecule has 0 N–H and O–H groups in total. The predicted octanol–water partition coefficient (Wildman–Crippen LogP) is 1.98. The van der Waals surface area contributed by atoms with E-state index in [0.29, 0.717) is 6.42 Å². The van der Waals surface area contributed by atoms with Gasteiger partial charge in [-0.3, -0.25) is 0 Å². The van der Waals surface area contributed by atoms with Gasteiger partial charge in [-0.15, -0.1) is 11.8 Å². The van der Waals surface area contributed by atoms with E-state index in [2.05, 4.69) is 18.4 Å². The van der Waals surface area contributed by atoms with Crippen LogP contribution < -0.4 is 0 Å². The molecule has 0 aromatic rings. The average molecular weight is 142 g/mol. The van der Waals surface area contributed by atoms with Crippen LogP contribution in [0.2, 0.25) is 0 Å². The molecule has 0 aromatic heterocycles. The molecule has 1 nitrogen and oxygen atoms in total. The maximum atomic E-state index is 10.1. The van der Waals surface area contributed by atoms with Gasteiger partial charge < -0.3 is 4.79 Å². The Bertz CT molecular complexity index is 132. The molecule has 0 saturated heterocycles. The molecule has 1 aliphatic rings. The van der Waals surface area contributed by atoms with Crippen molar-refractivity contribution < 1.29 is 4.79 Å². The Hall–Kier alpha value is -0.240. The number of thioether (sulfide) groups is 1. The van der Waals surface area contributed by atoms with Crippen molar-refractivity contribution in [3.05, 3.63) is 11.5 Å². The fourth-order valence-electron chi connectivity index (χ4n) is 0.866. The number of rotatable bonds is 2. The minimum Gasteiger partial charge on any atom is -0.303 e. The third-order valence-electron chi connectivity index (χ3n) is 1.51. The SMILES string of the molecule is CC1(CC=O)CC=CS1. The van der Waals surface area contributed by atoms with Gasteiger partial charge in [0.1, 0.15) is 6.29 Å². The van der Waals surface area contributed by atoms with Crippen LogP contribution in [0.25, 0.3) is 0 Å². The molecule has 0 bridgehead atoms. The number of carbonyl (C=O) groups excluding carboxylic acids is 1. The third kappa shape index (κ3) is 1.58. The standard InChI is InChI=1S/C7H10OS/c1-7(4-5-8)3-2-6-9-7/h2,5-6H,3-4H2,1H3. The highest BCUT2D eigenvalue weighted by molar-refractivity contribution is 8.03. The van der Waals surface area contributed by atoms with Crippen molar-refractivity contribution in [3.8, 4) is 0 Å². The summed E-state index contributed by atoms with van der Waals surface area (Å²) in [5.74, 6) is 0. The molecule has 0 amide bonds. The molecule has 1 atom stereocenters. The Balaban J connectivity index is 2.44. The van der Waals surface area contributed by atoms with Crippen LogP contribution in [0, 0.1) is 0 Å². The second-order valence-corrected chi connectivity index (χ2v) is 4.01. The van der Waals surface area contributed by atoms with Crippen LogP contribution >= 0.6 is 11.8 Å². The first-order valence-electron chi connectivity index (χ1n) is 3.03. The van der Waals surface area contributed by atoms with Gasteiger partial charge >= 0.3 is 0 Å². The molecule has 0 fully saturated rings. The highest BCUT2D eigenvalue weighted by atomic mass is 32.2. The largest absolute Gasteiger partial charge is 0.303 e. The normalized spacial score (nSPS) is 33.0. The first kappa shape index (κ1) is 6.87. The molecule has 9 heavy (non-hydrogen) atoms. The molecule has 1 rings (SSSR count). The molecule has 0 radical (unpaired) electrons. The minimum atomic E-state index is 0.182. The zero-order valence-corrected chi connectivity index (χ0v) is 6.28. The summed E-state index contributed by atoms with van der Waals surface area (Å²) in [6.07, 6.45) is 4.83. The fraction of sp³-hybridized carbons (Fsp3) is 0.571. The first-order chi connectivity index (χ1) is 4.27. The zero-order chi connectivity index (χ0) is 6.74. The van der Waals surface area contributed by atoms with Crippen LogP contribution in [0.1, 0.15) is 19.8 Å². The smallest absolute Gasteiger partial charge is 0.121 e. The summed E-state index contributed by atoms with van der Waals surface area (Å²) < 4.78 is 0.182. The van der Waals surface area contributed by atoms with Crippen molar-refractivity contribution in [2.45, 2.75) is 24.5 Å². The van der Waals surface area contributed by atoms with E-state index in [1.54, 1.807) is 11.8 Å². The molecule has 2 heteroatoms. The Labute approximate surface area is 59.5 Å². The summed E-state index contributed by atoms with van der Waals surface area (Å²) in [5.41, 5.74) is 0. The van der Waals surface area contributed by atoms with Crippen LogP contribution in [-0.2, 0) is 4.79 Å². The van der Waals surface area contributed by atoms with E-state index in [1.165, 1.54) is 0 Å². The number of aldehydes is 1. The van der Waals surface area contributed by atoms with Gasteiger partial charge in [-0.1, -0.05) is 6.08 Å². The van der Waals surface area contributed by atoms with Gasteiger partial charge in [0, 0.05) is 11.2 Å². The van der Waals surface area contributed by atoms with Gasteiger partial charge in [-0.2, -0.15) is 0 Å². The summed E-state index contributed by atoms with van der Waals surface area (Å²) in [6.45, 7) is 2.12. The van der Waals surface area contributed by atoms with Crippen LogP contribution in [0.15, 0.2) is 11.5 Å². The first-order valence-corrected chi connectivity index (χ1v) is 3.91. The van der Waals surface area contributed by atoms with Gasteiger partial charge in [0.15, 0.2) is 0 Å². The second kappa shape index (κ2) is 2.56. The van der Waals surface area contributed by atoms with Crippen LogP contribution in [-0.4, -0.2) is 11.0 Å². The Morgan fingerprint density at radius 3 is 3.11 bits per heavy atom. The second-order valence-electron chi connectivity index (χ2n) is 2.51. The van der Waals surface area contributed by atoms with E-state index < -0.39 is 0 Å². The quantitative estimate of drug-likeness (QED) is 0.548. The van der Waals surface area contributed by atoms with Crippen molar-refractivity contribution in [3.63, 3.8) is 0 Å². The summed E-state index contributed by atoms with van der Waals surface area (Å²) in [4.78, 5) is 10.1. The molecule has 0 saturated carbocycles. The van der Waals surface area contributed by atoms with Gasteiger partial charge in [0.25, 0.3) is 0 Å². The van der Waals surface area contributed by atoms with Crippen LogP contribution in [0.3, 0.4) is 0 Å².